The highest BCUT2D eigenvalue weighted by molar-refractivity contribution is 9.10. The van der Waals surface area contributed by atoms with Crippen molar-refractivity contribution in [2.24, 2.45) is 0 Å². The molecule has 0 N–H and O–H groups in total. The molecule has 16 rings (SSSR count). The maximum atomic E-state index is 14.1. The van der Waals surface area contributed by atoms with Crippen molar-refractivity contribution in [1.82, 2.24) is 113 Å². The zero-order valence-electron chi connectivity index (χ0n) is 50.7. The van der Waals surface area contributed by atoms with Crippen molar-refractivity contribution in [2.75, 3.05) is 0 Å². The molecule has 0 spiro atoms. The SMILES string of the molecule is Fc1ccccc1Cn1nc(-c2cc(Br)ccn2)nc1-c1cscn1.Fc1ccccc1Cn1nc(-c2ccccn2)nc1-n1ccnc1.Fc1ccccc1Cn1nc(-c2ccccn2)nc1-n1cncn1.Fc1ccccc1Cn1nc(-c2cscn2)nc1-c1cc(Br)ccn1. The molecule has 0 atom stereocenters. The van der Waals surface area contributed by atoms with Gasteiger partial charge in [-0.15, -0.1) is 43.1 Å². The van der Waals surface area contributed by atoms with E-state index in [2.05, 4.69) is 117 Å². The second kappa shape index (κ2) is 30.8. The molecule has 4 aromatic carbocycles. The monoisotopic (exact) mass is 1470 g/mol. The van der Waals surface area contributed by atoms with Gasteiger partial charge in [0.1, 0.15) is 76.4 Å². The fourth-order valence-electron chi connectivity index (χ4n) is 9.49. The summed E-state index contributed by atoms with van der Waals surface area (Å²) < 4.78 is 67.6. The van der Waals surface area contributed by atoms with Gasteiger partial charge >= 0.3 is 0 Å². The molecule has 23 nitrogen and oxygen atoms in total. The minimum Gasteiger partial charge on any atom is -0.275 e. The van der Waals surface area contributed by atoms with Gasteiger partial charge in [-0.3, -0.25) is 24.5 Å². The molecule has 0 saturated heterocycles. The second-order valence-electron chi connectivity index (χ2n) is 20.7. The van der Waals surface area contributed by atoms with Crippen molar-refractivity contribution < 1.29 is 17.6 Å². The van der Waals surface area contributed by atoms with Crippen LogP contribution < -0.4 is 0 Å². The quantitative estimate of drug-likeness (QED) is 0.0815. The van der Waals surface area contributed by atoms with Gasteiger partial charge in [0, 0.05) is 79.1 Å². The molecule has 12 heterocycles. The number of nitrogens with zero attached hydrogens (tertiary/aromatic N) is 23. The van der Waals surface area contributed by atoms with E-state index in [0.717, 1.165) is 8.95 Å². The standard InChI is InChI=1S/2C17H11BrFN5S.C17H13FN6.C16H12FN7/c18-12-5-6-20-14(7-12)17-22-16(15-9-25-10-21-15)23-24(17)8-11-3-1-2-4-13(11)19;18-12-5-6-20-14(7-12)16-22-17(15-9-25-10-21-15)24(23-16)8-11-3-1-2-4-13(11)19;18-14-6-2-1-5-13(14)11-24-17(23-10-9-19-12-23)21-16(22-24)15-7-3-4-8-20-15;17-13-6-2-1-5-12(13)9-23-16(24-11-18-10-20-24)21-15(22-23)14-7-3-4-8-19-14/h2*1-7,9-10H,8H2;1-10,12H,11H2;1-8,10-11H,9H2. The number of thiazole rings is 2. The van der Waals surface area contributed by atoms with E-state index in [-0.39, 0.29) is 49.4 Å². The summed E-state index contributed by atoms with van der Waals surface area (Å²) in [6, 6.07) is 44.8. The molecule has 0 aliphatic heterocycles. The Labute approximate surface area is 579 Å². The van der Waals surface area contributed by atoms with Crippen LogP contribution >= 0.6 is 54.5 Å². The third-order valence-corrected chi connectivity index (χ3v) is 16.3. The maximum Gasteiger partial charge on any atom is 0.251 e. The first kappa shape index (κ1) is 65.0. The van der Waals surface area contributed by atoms with Crippen molar-refractivity contribution in [3.05, 3.63) is 290 Å². The molecule has 98 heavy (non-hydrogen) atoms. The molecule has 12 aromatic heterocycles. The number of rotatable bonds is 16. The predicted molar refractivity (Wildman–Crippen MR) is 365 cm³/mol. The summed E-state index contributed by atoms with van der Waals surface area (Å²) in [5, 5.41) is 25.9. The van der Waals surface area contributed by atoms with E-state index in [1.54, 1.807) is 151 Å². The number of hydrogen-bond donors (Lipinski definition) is 0. The van der Waals surface area contributed by atoms with Crippen molar-refractivity contribution in [1.29, 1.82) is 0 Å². The average Bonchev–Trinajstić information content (AvgIpc) is 1.68. The molecule has 0 bridgehead atoms. The Morgan fingerprint density at radius 1 is 0.367 bits per heavy atom. The van der Waals surface area contributed by atoms with Gasteiger partial charge in [0.05, 0.1) is 37.2 Å². The summed E-state index contributed by atoms with van der Waals surface area (Å²) in [5.74, 6) is 2.91. The predicted octanol–water partition coefficient (Wildman–Crippen LogP) is 13.6. The number of imidazole rings is 1. The van der Waals surface area contributed by atoms with Crippen LogP contribution in [0.3, 0.4) is 0 Å². The van der Waals surface area contributed by atoms with Crippen molar-refractivity contribution >= 4 is 54.5 Å². The first-order valence-electron chi connectivity index (χ1n) is 29.4. The first-order valence-corrected chi connectivity index (χ1v) is 32.9. The molecule has 16 aromatic rings. The van der Waals surface area contributed by atoms with E-state index >= 15 is 0 Å². The van der Waals surface area contributed by atoms with E-state index in [4.69, 9.17) is 0 Å². The highest BCUT2D eigenvalue weighted by Crippen LogP contribution is 2.28. The third kappa shape index (κ3) is 15.8. The van der Waals surface area contributed by atoms with Gasteiger partial charge in [0.2, 0.25) is 23.4 Å². The summed E-state index contributed by atoms with van der Waals surface area (Å²) in [6.45, 7) is 1.01. The molecule has 0 unspecified atom stereocenters. The minimum absolute atomic E-state index is 0.224. The van der Waals surface area contributed by atoms with Gasteiger partial charge in [0.15, 0.2) is 17.5 Å². The number of aromatic nitrogens is 23. The van der Waals surface area contributed by atoms with Gasteiger partial charge in [0.25, 0.3) is 5.95 Å². The van der Waals surface area contributed by atoms with Crippen LogP contribution in [0.15, 0.2) is 245 Å². The molecule has 31 heteroatoms. The fourth-order valence-corrected chi connectivity index (χ4v) is 11.2. The van der Waals surface area contributed by atoms with E-state index in [0.29, 0.717) is 103 Å². The maximum absolute atomic E-state index is 14.1. The lowest BCUT2D eigenvalue weighted by molar-refractivity contribution is 0.575. The molecule has 0 aliphatic carbocycles. The Hall–Kier alpha value is -11.7. The van der Waals surface area contributed by atoms with Gasteiger partial charge < -0.3 is 0 Å². The summed E-state index contributed by atoms with van der Waals surface area (Å²) in [6.07, 6.45) is 14.7. The second-order valence-corrected chi connectivity index (χ2v) is 24.0. The van der Waals surface area contributed by atoms with Crippen LogP contribution in [0.2, 0.25) is 0 Å². The van der Waals surface area contributed by atoms with Crippen LogP contribution in [0.4, 0.5) is 17.6 Å². The first-order chi connectivity index (χ1) is 48.0. The zero-order chi connectivity index (χ0) is 67.2. The lowest BCUT2D eigenvalue weighted by Crippen LogP contribution is -2.10. The Balaban J connectivity index is 0.000000118. The molecule has 484 valence electrons. The van der Waals surface area contributed by atoms with Crippen LogP contribution in [-0.2, 0) is 26.2 Å². The van der Waals surface area contributed by atoms with Crippen molar-refractivity contribution in [2.45, 2.75) is 26.2 Å². The topological polar surface area (TPSA) is 249 Å². The molecule has 0 amide bonds. The van der Waals surface area contributed by atoms with Crippen LogP contribution in [0, 0.1) is 23.3 Å². The summed E-state index contributed by atoms with van der Waals surface area (Å²) in [4.78, 5) is 51.9. The van der Waals surface area contributed by atoms with E-state index in [1.165, 1.54) is 64.3 Å². The molecule has 0 fully saturated rings. The van der Waals surface area contributed by atoms with Crippen LogP contribution in [-0.4, -0.2) is 113 Å². The van der Waals surface area contributed by atoms with Crippen LogP contribution in [0.25, 0.3) is 81.0 Å². The van der Waals surface area contributed by atoms with E-state index in [1.807, 2.05) is 71.4 Å². The Kier molecular flexibility index (Phi) is 20.4. The van der Waals surface area contributed by atoms with Crippen molar-refractivity contribution in [3.63, 3.8) is 0 Å². The lowest BCUT2D eigenvalue weighted by atomic mass is 10.2. The molecule has 0 radical (unpaired) electrons. The largest absolute Gasteiger partial charge is 0.275 e. The van der Waals surface area contributed by atoms with E-state index in [9.17, 15) is 17.6 Å². The van der Waals surface area contributed by atoms with Crippen molar-refractivity contribution in [3.8, 4) is 81.0 Å². The average molecular weight is 1470 g/mol. The molecule has 0 saturated carbocycles. The Bertz CT molecular complexity index is 5070. The molecule has 0 aliphatic rings. The normalized spacial score (nSPS) is 10.9. The Morgan fingerprint density at radius 3 is 1.26 bits per heavy atom. The van der Waals surface area contributed by atoms with Gasteiger partial charge in [-0.2, -0.15) is 19.7 Å². The summed E-state index contributed by atoms with van der Waals surface area (Å²) >= 11 is 9.81. The number of hydrogen-bond acceptors (Lipinski definition) is 19. The van der Waals surface area contributed by atoms with Gasteiger partial charge in [-0.1, -0.05) is 117 Å². The third-order valence-electron chi connectivity index (χ3n) is 14.1. The number of pyridine rings is 4. The van der Waals surface area contributed by atoms with Crippen LogP contribution in [0.1, 0.15) is 22.3 Å². The lowest BCUT2D eigenvalue weighted by Gasteiger charge is -2.06. The summed E-state index contributed by atoms with van der Waals surface area (Å²) in [5.41, 5.74) is 9.55. The van der Waals surface area contributed by atoms with Gasteiger partial charge in [-0.05, 0) is 72.8 Å². The van der Waals surface area contributed by atoms with Crippen LogP contribution in [0.5, 0.6) is 0 Å². The Morgan fingerprint density at radius 2 is 0.796 bits per heavy atom. The van der Waals surface area contributed by atoms with E-state index < -0.39 is 0 Å². The number of halogens is 6. The highest BCUT2D eigenvalue weighted by Gasteiger charge is 2.22. The van der Waals surface area contributed by atoms with Gasteiger partial charge in [-0.25, -0.2) is 66.2 Å². The number of benzene rings is 4. The minimum atomic E-state index is -0.295. The smallest absolute Gasteiger partial charge is 0.251 e. The highest BCUT2D eigenvalue weighted by atomic mass is 79.9. The fraction of sp³-hybridized carbons (Fsp3) is 0.0597. The zero-order valence-corrected chi connectivity index (χ0v) is 55.5. The molecular formula is C67H47Br2F4N23S2. The molecular weight excluding hydrogens is 1430 g/mol. The summed E-state index contributed by atoms with van der Waals surface area (Å²) in [7, 11) is 0.